The maximum Gasteiger partial charge on any atom is 0.320 e. The van der Waals surface area contributed by atoms with Crippen LogP contribution in [0.3, 0.4) is 0 Å². The third kappa shape index (κ3) is 3.29. The molecule has 0 amide bonds. The van der Waals surface area contributed by atoms with Gasteiger partial charge >= 0.3 is 5.97 Å². The smallest absolute Gasteiger partial charge is 0.320 e. The summed E-state index contributed by atoms with van der Waals surface area (Å²) in [6.45, 7) is 2.73. The lowest BCUT2D eigenvalue weighted by molar-refractivity contribution is -0.145. The van der Waals surface area contributed by atoms with Crippen LogP contribution in [-0.2, 0) is 11.3 Å². The molecule has 5 heteroatoms. The van der Waals surface area contributed by atoms with Crippen LogP contribution in [0.5, 0.6) is 0 Å². The number of nitrogens with zero attached hydrogens (tertiary/aromatic N) is 1. The summed E-state index contributed by atoms with van der Waals surface area (Å²) in [4.78, 5) is 13.0. The molecule has 0 radical (unpaired) electrons. The summed E-state index contributed by atoms with van der Waals surface area (Å²) in [6.07, 6.45) is 1.42. The van der Waals surface area contributed by atoms with Crippen molar-refractivity contribution in [2.75, 3.05) is 6.54 Å². The lowest BCUT2D eigenvalue weighted by Crippen LogP contribution is -2.46. The molecule has 1 fully saturated rings. The number of hydrogen-bond donors (Lipinski definition) is 1. The Morgan fingerprint density at radius 3 is 2.89 bits per heavy atom. The van der Waals surface area contributed by atoms with Crippen LogP contribution in [0.1, 0.15) is 25.3 Å². The first-order chi connectivity index (χ1) is 8.97. The number of likely N-dealkylation sites (tertiary alicyclic amines) is 1. The zero-order valence-corrected chi connectivity index (χ0v) is 10.8. The van der Waals surface area contributed by atoms with E-state index in [1.807, 2.05) is 6.92 Å². The molecule has 2 rings (SSSR count). The van der Waals surface area contributed by atoms with Crippen molar-refractivity contribution < 1.29 is 18.7 Å². The van der Waals surface area contributed by atoms with E-state index in [2.05, 4.69) is 0 Å². The molecule has 1 heterocycles. The van der Waals surface area contributed by atoms with Gasteiger partial charge in [-0.2, -0.15) is 0 Å². The number of aliphatic carboxylic acids is 1. The van der Waals surface area contributed by atoms with Gasteiger partial charge in [0.25, 0.3) is 0 Å². The highest BCUT2D eigenvalue weighted by molar-refractivity contribution is 5.73. The maximum atomic E-state index is 13.6. The van der Waals surface area contributed by atoms with Gasteiger partial charge in [-0.1, -0.05) is 6.92 Å². The number of hydrogen-bond acceptors (Lipinski definition) is 2. The molecular formula is C14H17F2NO2. The Morgan fingerprint density at radius 1 is 1.47 bits per heavy atom. The van der Waals surface area contributed by atoms with Gasteiger partial charge < -0.3 is 5.11 Å². The molecule has 0 saturated carbocycles. The minimum Gasteiger partial charge on any atom is -0.480 e. The first kappa shape index (κ1) is 13.9. The van der Waals surface area contributed by atoms with Gasteiger partial charge in [0.1, 0.15) is 17.7 Å². The molecule has 2 atom stereocenters. The predicted molar refractivity (Wildman–Crippen MR) is 66.6 cm³/mol. The van der Waals surface area contributed by atoms with Gasteiger partial charge in [0.15, 0.2) is 0 Å². The molecule has 1 aromatic rings. The molecule has 1 aliphatic rings. The Morgan fingerprint density at radius 2 is 2.21 bits per heavy atom. The van der Waals surface area contributed by atoms with E-state index in [1.54, 1.807) is 4.90 Å². The third-order valence-electron chi connectivity index (χ3n) is 3.64. The second-order valence-electron chi connectivity index (χ2n) is 5.19. The molecule has 1 N–H and O–H groups in total. The second-order valence-corrected chi connectivity index (χ2v) is 5.19. The molecule has 0 aromatic heterocycles. The van der Waals surface area contributed by atoms with Crippen molar-refractivity contribution >= 4 is 5.97 Å². The highest BCUT2D eigenvalue weighted by Crippen LogP contribution is 2.25. The maximum absolute atomic E-state index is 13.6. The van der Waals surface area contributed by atoms with E-state index in [1.165, 1.54) is 0 Å². The van der Waals surface area contributed by atoms with Crippen LogP contribution >= 0.6 is 0 Å². The quantitative estimate of drug-likeness (QED) is 0.917. The van der Waals surface area contributed by atoms with Gasteiger partial charge in [0.2, 0.25) is 0 Å². The minimum absolute atomic E-state index is 0.132. The zero-order chi connectivity index (χ0) is 14.0. The summed E-state index contributed by atoms with van der Waals surface area (Å²) in [5.74, 6) is -1.56. The molecule has 1 saturated heterocycles. The van der Waals surface area contributed by atoms with Crippen LogP contribution in [-0.4, -0.2) is 28.6 Å². The van der Waals surface area contributed by atoms with Gasteiger partial charge in [-0.05, 0) is 43.5 Å². The van der Waals surface area contributed by atoms with Crippen LogP contribution in [0.4, 0.5) is 8.78 Å². The number of rotatable bonds is 3. The first-order valence-electron chi connectivity index (χ1n) is 6.38. The fourth-order valence-electron chi connectivity index (χ4n) is 2.52. The summed E-state index contributed by atoms with van der Waals surface area (Å²) in [7, 11) is 0. The number of benzene rings is 1. The molecule has 104 valence electrons. The molecule has 1 aromatic carbocycles. The van der Waals surface area contributed by atoms with Gasteiger partial charge in [0, 0.05) is 12.1 Å². The molecule has 3 nitrogen and oxygen atoms in total. The van der Waals surface area contributed by atoms with Crippen molar-refractivity contribution in [1.29, 1.82) is 0 Å². The van der Waals surface area contributed by atoms with Crippen LogP contribution < -0.4 is 0 Å². The van der Waals surface area contributed by atoms with Gasteiger partial charge in [-0.3, -0.25) is 9.69 Å². The van der Waals surface area contributed by atoms with Crippen LogP contribution in [0, 0.1) is 17.6 Å². The standard InChI is InChI=1S/C14H17F2NO2/c1-9-4-5-17(13(6-9)14(18)19)8-10-7-11(15)2-3-12(10)16/h2-3,7,9,13H,4-6,8H2,1H3,(H,18,19). The van der Waals surface area contributed by atoms with Crippen molar-refractivity contribution in [2.45, 2.75) is 32.4 Å². The lowest BCUT2D eigenvalue weighted by atomic mass is 9.92. The second kappa shape index (κ2) is 5.65. The highest BCUT2D eigenvalue weighted by atomic mass is 19.1. The number of piperidine rings is 1. The van der Waals surface area contributed by atoms with Gasteiger partial charge in [0.05, 0.1) is 0 Å². The van der Waals surface area contributed by atoms with Gasteiger partial charge in [-0.25, -0.2) is 8.78 Å². The van der Waals surface area contributed by atoms with Crippen molar-refractivity contribution in [3.63, 3.8) is 0 Å². The van der Waals surface area contributed by atoms with Crippen LogP contribution in [0.2, 0.25) is 0 Å². The Kier molecular flexibility index (Phi) is 4.14. The number of carboxylic acid groups (broad SMARTS) is 1. The Labute approximate surface area is 110 Å². The Bertz CT molecular complexity index is 479. The fraction of sp³-hybridized carbons (Fsp3) is 0.500. The van der Waals surface area contributed by atoms with E-state index >= 15 is 0 Å². The highest BCUT2D eigenvalue weighted by Gasteiger charge is 2.31. The molecule has 19 heavy (non-hydrogen) atoms. The largest absolute Gasteiger partial charge is 0.480 e. The molecular weight excluding hydrogens is 252 g/mol. The number of halogens is 2. The Hall–Kier alpha value is -1.49. The van der Waals surface area contributed by atoms with E-state index in [4.69, 9.17) is 0 Å². The number of carbonyl (C=O) groups is 1. The van der Waals surface area contributed by atoms with E-state index in [9.17, 15) is 18.7 Å². The van der Waals surface area contributed by atoms with Crippen LogP contribution in [0.25, 0.3) is 0 Å². The van der Waals surface area contributed by atoms with Crippen molar-refractivity contribution in [2.24, 2.45) is 5.92 Å². The monoisotopic (exact) mass is 269 g/mol. The number of carboxylic acids is 1. The third-order valence-corrected chi connectivity index (χ3v) is 3.64. The summed E-state index contributed by atoms with van der Waals surface area (Å²) < 4.78 is 26.7. The van der Waals surface area contributed by atoms with Crippen molar-refractivity contribution in [3.8, 4) is 0 Å². The average Bonchev–Trinajstić information content (AvgIpc) is 2.35. The lowest BCUT2D eigenvalue weighted by Gasteiger charge is -2.36. The van der Waals surface area contributed by atoms with Crippen LogP contribution in [0.15, 0.2) is 18.2 Å². The molecule has 0 bridgehead atoms. The zero-order valence-electron chi connectivity index (χ0n) is 10.8. The Balaban J connectivity index is 2.16. The molecule has 0 aliphatic carbocycles. The molecule has 0 spiro atoms. The SMILES string of the molecule is CC1CCN(Cc2cc(F)ccc2F)C(C(=O)O)C1. The van der Waals surface area contributed by atoms with Crippen molar-refractivity contribution in [1.82, 2.24) is 4.90 Å². The fourth-order valence-corrected chi connectivity index (χ4v) is 2.52. The summed E-state index contributed by atoms with van der Waals surface area (Å²) >= 11 is 0. The summed E-state index contributed by atoms with van der Waals surface area (Å²) in [6, 6.07) is 2.65. The topological polar surface area (TPSA) is 40.5 Å². The van der Waals surface area contributed by atoms with E-state index in [0.717, 1.165) is 24.6 Å². The molecule has 2 unspecified atom stereocenters. The van der Waals surface area contributed by atoms with E-state index in [0.29, 0.717) is 18.9 Å². The average molecular weight is 269 g/mol. The summed E-state index contributed by atoms with van der Waals surface area (Å²) in [5, 5.41) is 9.22. The predicted octanol–water partition coefficient (Wildman–Crippen LogP) is 2.65. The van der Waals surface area contributed by atoms with Gasteiger partial charge in [-0.15, -0.1) is 0 Å². The van der Waals surface area contributed by atoms with E-state index < -0.39 is 23.6 Å². The molecule has 1 aliphatic heterocycles. The minimum atomic E-state index is -0.900. The van der Waals surface area contributed by atoms with Crippen molar-refractivity contribution in [3.05, 3.63) is 35.4 Å². The van der Waals surface area contributed by atoms with E-state index in [-0.39, 0.29) is 12.1 Å². The first-order valence-corrected chi connectivity index (χ1v) is 6.38. The normalized spacial score (nSPS) is 24.4. The summed E-state index contributed by atoms with van der Waals surface area (Å²) in [5.41, 5.74) is 0.209.